The third-order valence-corrected chi connectivity index (χ3v) is 27.8. The van der Waals surface area contributed by atoms with Crippen LogP contribution >= 0.6 is 81.8 Å². The summed E-state index contributed by atoms with van der Waals surface area (Å²) < 4.78 is 65.5. The Morgan fingerprint density at radius 2 is 0.664 bits per heavy atom. The van der Waals surface area contributed by atoms with Crippen molar-refractivity contribution in [2.45, 2.75) is 34.6 Å². The Kier molecular flexibility index (Phi) is 25.0. The van der Waals surface area contributed by atoms with E-state index in [1.807, 2.05) is 227 Å². The third-order valence-electron chi connectivity index (χ3n) is 23.7. The van der Waals surface area contributed by atoms with Crippen LogP contribution in [-0.2, 0) is 0 Å². The van der Waals surface area contributed by atoms with Gasteiger partial charge in [-0.3, -0.25) is 19.2 Å². The van der Waals surface area contributed by atoms with Gasteiger partial charge in [0.1, 0.15) is 67.3 Å². The number of carbonyl (C=O) groups excluding carboxylic acids is 4. The predicted molar refractivity (Wildman–Crippen MR) is 557 cm³/mol. The molecule has 0 amide bonds. The van der Waals surface area contributed by atoms with Crippen molar-refractivity contribution in [1.29, 1.82) is 0 Å². The van der Waals surface area contributed by atoms with Gasteiger partial charge in [0.15, 0.2) is 23.0 Å². The lowest BCUT2D eigenvalue weighted by Gasteiger charge is -2.07. The van der Waals surface area contributed by atoms with E-state index in [1.54, 1.807) is 74.0 Å². The highest BCUT2D eigenvalue weighted by molar-refractivity contribution is 9.11. The molecule has 24 aromatic rings. The van der Waals surface area contributed by atoms with Gasteiger partial charge in [0.25, 0.3) is 0 Å². The van der Waals surface area contributed by atoms with Gasteiger partial charge < -0.3 is 54.0 Å². The molecule has 0 radical (unpaired) electrons. The monoisotopic (exact) mass is 2090 g/mol. The maximum atomic E-state index is 13.6. The summed E-state index contributed by atoms with van der Waals surface area (Å²) in [6.07, 6.45) is 1.71. The van der Waals surface area contributed by atoms with Gasteiger partial charge in [-0.1, -0.05) is 157 Å². The zero-order chi connectivity index (χ0) is 97.2. The number of fused-ring (bicyclic) bond motifs is 15. The van der Waals surface area contributed by atoms with E-state index in [-0.39, 0.29) is 63.1 Å². The topological polar surface area (TPSA) is 314 Å². The Labute approximate surface area is 828 Å². The Morgan fingerprint density at radius 1 is 0.300 bits per heavy atom. The molecule has 1 N–H and O–H groups in total. The summed E-state index contributed by atoms with van der Waals surface area (Å²) in [6, 6.07) is 82.4. The van der Waals surface area contributed by atoms with Gasteiger partial charge in [0, 0.05) is 109 Å². The number of hydrogen-bond donors (Lipinski definition) is 1. The summed E-state index contributed by atoms with van der Waals surface area (Å²) in [5, 5.41) is 22.9. The second-order valence-electron chi connectivity index (χ2n) is 32.6. The van der Waals surface area contributed by atoms with Gasteiger partial charge in [-0.05, 0) is 240 Å². The van der Waals surface area contributed by atoms with E-state index in [2.05, 4.69) is 47.8 Å². The molecule has 0 saturated heterocycles. The number of rotatable bonds is 14. The van der Waals surface area contributed by atoms with Crippen LogP contribution in [0.2, 0.25) is 0 Å². The highest BCUT2D eigenvalue weighted by Gasteiger charge is 2.33. The first-order valence-corrected chi connectivity index (χ1v) is 48.3. The largest absolute Gasteiger partial charge is 0.508 e. The smallest absolute Gasteiger partial charge is 0.336 e. The molecule has 24 rings (SSSR count). The van der Waals surface area contributed by atoms with Gasteiger partial charge in [-0.2, -0.15) is 0 Å². The number of carbonyl (C=O) groups is 4. The highest BCUT2D eigenvalue weighted by atomic mass is 79.9. The number of thiophene rings is 3. The third kappa shape index (κ3) is 17.5. The molecule has 0 unspecified atom stereocenters. The number of aryl methyl sites for hydroxylation is 5. The molecule has 686 valence electrons. The number of methoxy groups -OCH3 is 1. The van der Waals surface area contributed by atoms with E-state index in [9.17, 15) is 48.3 Å². The standard InChI is InChI=1S/C26H17BrO5.C25H15BrO5.C23H13BrO4S.C21H12O4S2.C18H12O3/c1-14-11-21(28)32-25-19(14)9-10-20-23(25)22(15-5-3-7-17(27)12-15)26(31-20)24(29)16-6-4-8-18(13-16)30-2;1-13-10-20(28)31-24-18(13)8-9-19-22(24)21(14-4-2-6-16(26)11-14)25(30-19)23(29)15-5-3-7-17(27)12-15;1-12-11-18(25)28-22-15(12)8-9-16-20(22)19(13-4-6-14(24)7-5-13)23(27-16)21(26)17-3-2-10-29-17;1-11-10-16(22)25-20-12(11)6-7-13-17(20)18(14-4-2-8-26-14)21(24-13)19(23)15-5-3-9-27-15;1-11-9-16(19)21-18-13(11)7-8-15-17(18)14(10-20-15)12-5-3-2-4-6-12/h3-13H,1-2H3;2-12,27H,1H3;2-11H,1H3;2-10H,1H3;2-10H,1H3. The first-order chi connectivity index (χ1) is 67.8. The molecule has 0 saturated carbocycles. The maximum Gasteiger partial charge on any atom is 0.336 e. The second-order valence-corrected chi connectivity index (χ2v) is 38.2. The number of benzene rings is 11. The molecule has 0 fully saturated rings. The van der Waals surface area contributed by atoms with Crippen molar-refractivity contribution >= 4 is 215 Å². The van der Waals surface area contributed by atoms with Crippen molar-refractivity contribution in [3.05, 3.63) is 439 Å². The molecule has 0 aliphatic heterocycles. The number of ketones is 4. The van der Waals surface area contributed by atoms with Gasteiger partial charge in [0.2, 0.25) is 23.1 Å². The first kappa shape index (κ1) is 91.7. The Morgan fingerprint density at radius 3 is 1.06 bits per heavy atom. The average molecular weight is 2100 g/mol. The number of ether oxygens (including phenoxy) is 1. The Bertz CT molecular complexity index is 9450. The molecule has 0 atom stereocenters. The minimum Gasteiger partial charge on any atom is -0.508 e. The molecule has 11 aromatic carbocycles. The quantitative estimate of drug-likeness (QED) is 0.0781. The van der Waals surface area contributed by atoms with Gasteiger partial charge in [-0.15, -0.1) is 34.0 Å². The van der Waals surface area contributed by atoms with Gasteiger partial charge >= 0.3 is 28.1 Å². The van der Waals surface area contributed by atoms with Crippen molar-refractivity contribution in [3.63, 3.8) is 0 Å². The summed E-state index contributed by atoms with van der Waals surface area (Å²) in [5.74, 6) is 0.292. The van der Waals surface area contributed by atoms with Crippen LogP contribution < -0.4 is 32.9 Å². The zero-order valence-electron chi connectivity index (χ0n) is 74.3. The van der Waals surface area contributed by atoms with Crippen LogP contribution in [0.1, 0.15) is 90.9 Å². The zero-order valence-corrected chi connectivity index (χ0v) is 81.5. The molecule has 13 heterocycles. The predicted octanol–water partition coefficient (Wildman–Crippen LogP) is 29.7. The molecule has 0 aliphatic carbocycles. The van der Waals surface area contributed by atoms with Crippen LogP contribution in [0.3, 0.4) is 0 Å². The van der Waals surface area contributed by atoms with Crippen LogP contribution in [0.25, 0.3) is 165 Å². The molecule has 140 heavy (non-hydrogen) atoms. The lowest BCUT2D eigenvalue weighted by molar-refractivity contribution is 0.100. The highest BCUT2D eigenvalue weighted by Crippen LogP contribution is 2.48. The Balaban J connectivity index is 0.000000108. The van der Waals surface area contributed by atoms with Crippen molar-refractivity contribution in [3.8, 4) is 66.4 Å². The Hall–Kier alpha value is -16.0. The minimum atomic E-state index is -0.472. The summed E-state index contributed by atoms with van der Waals surface area (Å²) in [6.45, 7) is 9.33. The normalized spacial score (nSPS) is 11.3. The summed E-state index contributed by atoms with van der Waals surface area (Å²) in [7, 11) is 1.55. The van der Waals surface area contributed by atoms with E-state index < -0.39 is 22.5 Å². The number of halogens is 3. The van der Waals surface area contributed by atoms with E-state index >= 15 is 0 Å². The van der Waals surface area contributed by atoms with Crippen molar-refractivity contribution in [2.24, 2.45) is 0 Å². The average Bonchev–Trinajstić information content (AvgIpc) is 1.60. The van der Waals surface area contributed by atoms with Crippen LogP contribution in [0.15, 0.2) is 383 Å². The van der Waals surface area contributed by atoms with Crippen molar-refractivity contribution < 1.29 is 73.2 Å². The molecule has 0 bridgehead atoms. The van der Waals surface area contributed by atoms with Crippen LogP contribution in [-0.4, -0.2) is 35.3 Å². The molecule has 13 aromatic heterocycles. The summed E-state index contributed by atoms with van der Waals surface area (Å²) >= 11 is 14.7. The SMILES string of the molecule is COc1cccc(C(=O)c2oc3ccc4c(C)cc(=O)oc4c3c2-c2cccc(Br)c2)c1.Cc1cc(=O)oc2c1ccc1oc(C(=O)c3cccc(O)c3)c(-c3cccc(Br)c3)c12.Cc1cc(=O)oc2c1ccc1oc(C(=O)c3cccs3)c(-c3ccc(Br)cc3)c12.Cc1cc(=O)oc2c1ccc1oc(C(=O)c3cccs3)c(-c3cccs3)c12.Cc1cc(=O)oc2c1ccc1occ(-c3ccccc3)c12. The van der Waals surface area contributed by atoms with Crippen molar-refractivity contribution in [2.75, 3.05) is 7.11 Å². The number of furan rings is 5. The lowest BCUT2D eigenvalue weighted by atomic mass is 9.96. The fourth-order valence-corrected chi connectivity index (χ4v) is 20.5. The molecule has 0 aliphatic rings. The summed E-state index contributed by atoms with van der Waals surface area (Å²) in [4.78, 5) is 116. The van der Waals surface area contributed by atoms with Crippen molar-refractivity contribution in [1.82, 2.24) is 0 Å². The molecule has 27 heteroatoms. The fraction of sp³-hybridized carbons (Fsp3) is 0.0531. The summed E-state index contributed by atoms with van der Waals surface area (Å²) in [5.41, 5.74) is 14.3. The van der Waals surface area contributed by atoms with Gasteiger partial charge in [-0.25, -0.2) is 24.0 Å². The minimum absolute atomic E-state index is 0.0157. The lowest BCUT2D eigenvalue weighted by Crippen LogP contribution is -2.02. The van der Waals surface area contributed by atoms with E-state index in [0.29, 0.717) is 115 Å². The maximum absolute atomic E-state index is 13.6. The number of hydrogen-bond acceptors (Lipinski definition) is 24. The van der Waals surface area contributed by atoms with E-state index in [4.69, 9.17) is 48.9 Å². The first-order valence-electron chi connectivity index (χ1n) is 43.3. The van der Waals surface area contributed by atoms with Gasteiger partial charge in [0.05, 0.1) is 55.6 Å². The number of phenols is 1. The molecule has 0 spiro atoms. The fourth-order valence-electron chi connectivity index (χ4n) is 17.3. The second kappa shape index (κ2) is 38.2. The number of aromatic hydroxyl groups is 1. The van der Waals surface area contributed by atoms with E-state index in [1.165, 1.54) is 76.5 Å². The van der Waals surface area contributed by atoms with Crippen LogP contribution in [0, 0.1) is 34.6 Å². The number of phenolic OH excluding ortho intramolecular Hbond substituents is 1. The molecular weight excluding hydrogens is 2030 g/mol. The van der Waals surface area contributed by atoms with Crippen LogP contribution in [0.5, 0.6) is 11.5 Å². The van der Waals surface area contributed by atoms with E-state index in [0.717, 1.165) is 112 Å². The molecule has 21 nitrogen and oxygen atoms in total. The molecular formula is C113H69Br3O21S3. The van der Waals surface area contributed by atoms with Crippen LogP contribution in [0.4, 0.5) is 0 Å².